The number of carboxylic acids is 1. The van der Waals surface area contributed by atoms with Crippen molar-refractivity contribution in [2.45, 2.75) is 64.2 Å². The Morgan fingerprint density at radius 3 is 2.67 bits per heavy atom. The number of hydrogen-bond acceptors (Lipinski definition) is 10. The van der Waals surface area contributed by atoms with Gasteiger partial charge in [-0.3, -0.25) is 19.2 Å². The first-order chi connectivity index (χ1) is 23.7. The molecule has 2 fully saturated rings. The van der Waals surface area contributed by atoms with Gasteiger partial charge in [0.2, 0.25) is 5.43 Å². The van der Waals surface area contributed by atoms with Gasteiger partial charge in [0.25, 0.3) is 0 Å². The van der Waals surface area contributed by atoms with Crippen LogP contribution in [0.25, 0.3) is 10.9 Å². The van der Waals surface area contributed by atoms with E-state index >= 15 is 4.39 Å². The van der Waals surface area contributed by atoms with Gasteiger partial charge in [-0.1, -0.05) is 34.6 Å². The number of carbonyl (C=O) groups is 2. The Balaban J connectivity index is 1.05. The van der Waals surface area contributed by atoms with Crippen molar-refractivity contribution < 1.29 is 28.7 Å². The molecule has 2 aromatic carbocycles. The Morgan fingerprint density at radius 1 is 1.16 bits per heavy atom. The highest BCUT2D eigenvalue weighted by Gasteiger charge is 2.37. The molecule has 3 heterocycles. The first kappa shape index (κ1) is 32.4. The number of ether oxygens (including phenoxy) is 1. The maximum absolute atomic E-state index is 15.9. The van der Waals surface area contributed by atoms with Crippen LogP contribution in [-0.2, 0) is 22.7 Å². The summed E-state index contributed by atoms with van der Waals surface area (Å²) in [5.41, 5.74) is 2.48. The molecule has 13 nitrogen and oxygen atoms in total. The van der Waals surface area contributed by atoms with E-state index in [0.717, 1.165) is 35.7 Å². The van der Waals surface area contributed by atoms with Crippen molar-refractivity contribution >= 4 is 34.1 Å². The number of pyridine rings is 1. The molecule has 0 radical (unpaired) electrons. The highest BCUT2D eigenvalue weighted by Crippen LogP contribution is 2.44. The summed E-state index contributed by atoms with van der Waals surface area (Å²) in [7, 11) is 1.45. The van der Waals surface area contributed by atoms with Gasteiger partial charge in [-0.25, -0.2) is 9.18 Å². The molecule has 14 heteroatoms. The molecule has 0 amide bonds. The number of aromatic nitrogens is 4. The van der Waals surface area contributed by atoms with Crippen LogP contribution in [-0.4, -0.2) is 86.4 Å². The molecule has 0 bridgehead atoms. The van der Waals surface area contributed by atoms with Gasteiger partial charge >= 0.3 is 5.97 Å². The summed E-state index contributed by atoms with van der Waals surface area (Å²) in [6, 6.07) is 8.86. The van der Waals surface area contributed by atoms with Crippen LogP contribution in [0, 0.1) is 5.82 Å². The van der Waals surface area contributed by atoms with E-state index in [2.05, 4.69) is 27.3 Å². The number of aryl methyl sites for hydroxylation is 1. The fraction of sp³-hybridized carbons (Fsp3) is 0.429. The summed E-state index contributed by atoms with van der Waals surface area (Å²) < 4.78 is 25.2. The largest absolute Gasteiger partial charge is 0.492 e. The molecule has 256 valence electrons. The molecule has 2 aromatic heterocycles. The summed E-state index contributed by atoms with van der Waals surface area (Å²) in [4.78, 5) is 47.5. The standard InChI is InChI=1S/C35H38FN7O6/c1-4-49-38-29-24-8-6-5-7-23(24)25(33(29)45)11-12-42-18-21(37-39-42)17-40-13-14-41(16-20(40)2)31-28(36)15-26-30(34(31)48-3)43(22-9-10-22)19-27(32(26)44)35(46)47/h5-8,15,18-20,22,25H,4,9-14,16-17H2,1-3H3,(H,46,47)/b38-29-. The number of carboxylic acid groups (broad SMARTS) is 1. The van der Waals surface area contributed by atoms with Crippen LogP contribution in [0.4, 0.5) is 10.1 Å². The molecule has 3 aliphatic rings. The van der Waals surface area contributed by atoms with Gasteiger partial charge in [-0.05, 0) is 44.7 Å². The summed E-state index contributed by atoms with van der Waals surface area (Å²) >= 11 is 0. The quantitative estimate of drug-likeness (QED) is 0.233. The molecular weight excluding hydrogens is 633 g/mol. The fourth-order valence-corrected chi connectivity index (χ4v) is 7.11. The minimum absolute atomic E-state index is 0.000239. The van der Waals surface area contributed by atoms with Gasteiger partial charge in [0.05, 0.1) is 29.6 Å². The number of carbonyl (C=O) groups excluding carboxylic acids is 1. The van der Waals surface area contributed by atoms with E-state index in [4.69, 9.17) is 9.57 Å². The molecule has 7 rings (SSSR count). The Morgan fingerprint density at radius 2 is 1.96 bits per heavy atom. The van der Waals surface area contributed by atoms with Crippen LogP contribution in [0.5, 0.6) is 5.75 Å². The Labute approximate surface area is 281 Å². The summed E-state index contributed by atoms with van der Waals surface area (Å²) in [5.74, 6) is -2.12. The number of oxime groups is 1. The van der Waals surface area contributed by atoms with E-state index in [0.29, 0.717) is 57.0 Å². The average molecular weight is 672 g/mol. The summed E-state index contributed by atoms with van der Waals surface area (Å²) in [6.45, 7) is 6.91. The number of ketones is 1. The molecule has 1 aliphatic heterocycles. The summed E-state index contributed by atoms with van der Waals surface area (Å²) in [6.07, 6.45) is 5.48. The number of aromatic carboxylic acids is 1. The maximum atomic E-state index is 15.9. The zero-order valence-electron chi connectivity index (χ0n) is 27.6. The van der Waals surface area contributed by atoms with Crippen LogP contribution >= 0.6 is 0 Å². The SMILES string of the molecule is CCO/N=C1\C(=O)C(CCn2cc(CN3CCN(c4c(F)cc5c(=O)c(C(=O)O)cn(C6CC6)c5c4OC)CC3C)nn2)c2ccccc21. The van der Waals surface area contributed by atoms with Crippen molar-refractivity contribution in [3.8, 4) is 5.75 Å². The van der Waals surface area contributed by atoms with Crippen LogP contribution < -0.4 is 15.1 Å². The number of benzene rings is 2. The molecule has 1 saturated heterocycles. The van der Waals surface area contributed by atoms with Crippen molar-refractivity contribution in [1.82, 2.24) is 24.5 Å². The summed E-state index contributed by atoms with van der Waals surface area (Å²) in [5, 5.41) is 22.4. The molecule has 4 aromatic rings. The maximum Gasteiger partial charge on any atom is 0.341 e. The number of nitrogens with zero attached hydrogens (tertiary/aromatic N) is 7. The molecule has 0 spiro atoms. The van der Waals surface area contributed by atoms with Crippen molar-refractivity contribution in [2.24, 2.45) is 5.16 Å². The van der Waals surface area contributed by atoms with Gasteiger partial charge in [-0.15, -0.1) is 5.10 Å². The molecule has 2 unspecified atom stereocenters. The van der Waals surface area contributed by atoms with Gasteiger partial charge in [0.1, 0.15) is 17.9 Å². The third-order valence-electron chi connectivity index (χ3n) is 9.68. The second-order valence-corrected chi connectivity index (χ2v) is 12.8. The lowest BCUT2D eigenvalue weighted by Gasteiger charge is -2.41. The highest BCUT2D eigenvalue weighted by atomic mass is 19.1. The van der Waals surface area contributed by atoms with E-state index in [-0.39, 0.29) is 46.2 Å². The second kappa shape index (κ2) is 13.1. The smallest absolute Gasteiger partial charge is 0.341 e. The Bertz CT molecular complexity index is 2040. The molecule has 2 atom stereocenters. The van der Waals surface area contributed by atoms with E-state index in [9.17, 15) is 19.5 Å². The van der Waals surface area contributed by atoms with E-state index in [1.165, 1.54) is 13.3 Å². The van der Waals surface area contributed by atoms with Crippen molar-refractivity contribution in [3.63, 3.8) is 0 Å². The number of hydrogen-bond donors (Lipinski definition) is 1. The monoisotopic (exact) mass is 671 g/mol. The third kappa shape index (κ3) is 5.94. The van der Waals surface area contributed by atoms with E-state index < -0.39 is 17.2 Å². The van der Waals surface area contributed by atoms with Gasteiger partial charge in [0.15, 0.2) is 23.1 Å². The lowest BCUT2D eigenvalue weighted by Crippen LogP contribution is -2.51. The fourth-order valence-electron chi connectivity index (χ4n) is 7.11. The zero-order chi connectivity index (χ0) is 34.4. The third-order valence-corrected chi connectivity index (χ3v) is 9.68. The minimum atomic E-state index is -1.34. The minimum Gasteiger partial charge on any atom is -0.492 e. The molecular formula is C35H38FN7O6. The lowest BCUT2D eigenvalue weighted by atomic mass is 9.97. The van der Waals surface area contributed by atoms with Crippen LogP contribution in [0.1, 0.15) is 72.2 Å². The number of fused-ring (bicyclic) bond motifs is 2. The van der Waals surface area contributed by atoms with E-state index in [1.807, 2.05) is 42.3 Å². The van der Waals surface area contributed by atoms with Gasteiger partial charge in [-0.2, -0.15) is 0 Å². The first-order valence-electron chi connectivity index (χ1n) is 16.6. The topological polar surface area (TPSA) is 144 Å². The van der Waals surface area contributed by atoms with Crippen LogP contribution in [0.3, 0.4) is 0 Å². The predicted molar refractivity (Wildman–Crippen MR) is 179 cm³/mol. The Hall–Kier alpha value is -5.11. The Kier molecular flexibility index (Phi) is 8.65. The number of piperazine rings is 1. The number of anilines is 1. The number of halogens is 1. The average Bonchev–Trinajstić information content (AvgIpc) is 3.78. The van der Waals surface area contributed by atoms with Crippen LogP contribution in [0.15, 0.2) is 52.7 Å². The highest BCUT2D eigenvalue weighted by molar-refractivity contribution is 6.51. The number of methoxy groups -OCH3 is 1. The lowest BCUT2D eigenvalue weighted by molar-refractivity contribution is -0.114. The van der Waals surface area contributed by atoms with Crippen LogP contribution in [0.2, 0.25) is 0 Å². The molecule has 1 saturated carbocycles. The van der Waals surface area contributed by atoms with Gasteiger partial charge < -0.3 is 24.1 Å². The van der Waals surface area contributed by atoms with Crippen molar-refractivity contribution in [2.75, 3.05) is 38.3 Å². The first-order valence-corrected chi connectivity index (χ1v) is 16.6. The normalized spacial score (nSPS) is 20.3. The zero-order valence-corrected chi connectivity index (χ0v) is 27.6. The number of Topliss-reactive ketones (excluding diaryl/α,β-unsaturated/α-hetero) is 1. The molecule has 1 N–H and O–H groups in total. The second-order valence-electron chi connectivity index (χ2n) is 12.8. The molecule has 49 heavy (non-hydrogen) atoms. The predicted octanol–water partition coefficient (Wildman–Crippen LogP) is 3.98. The van der Waals surface area contributed by atoms with Gasteiger partial charge in [0, 0.05) is 62.8 Å². The van der Waals surface area contributed by atoms with Crippen molar-refractivity contribution in [1.29, 1.82) is 0 Å². The van der Waals surface area contributed by atoms with E-state index in [1.54, 1.807) is 9.25 Å². The molecule has 2 aliphatic carbocycles. The number of rotatable bonds is 11. The van der Waals surface area contributed by atoms with Crippen molar-refractivity contribution in [3.05, 3.63) is 81.2 Å².